The van der Waals surface area contributed by atoms with Crippen LogP contribution in [0.4, 0.5) is 5.69 Å². The number of hydrogen-bond donors (Lipinski definition) is 0. The first-order valence-corrected chi connectivity index (χ1v) is 9.67. The second-order valence-electron chi connectivity index (χ2n) is 5.28. The minimum absolute atomic E-state index is 0.478. The minimum atomic E-state index is 0.478. The maximum absolute atomic E-state index is 6.01. The third kappa shape index (κ3) is 4.72. The molecule has 0 atom stereocenters. The molecule has 0 saturated heterocycles. The molecular formula is C17H16ClN3S2. The van der Waals surface area contributed by atoms with Crippen LogP contribution in [0.1, 0.15) is 11.1 Å². The standard InChI is InChI=1S/C17H16ClN3S2/c1-21(11-13-6-3-2-4-7-13)12-14-8-5-9-15(10-14)19-17-16(18)20-23-22-17/h2-10H,11-12H2,1H3. The molecule has 3 aromatic rings. The Morgan fingerprint density at radius 2 is 1.78 bits per heavy atom. The Balaban J connectivity index is 1.72. The van der Waals surface area contributed by atoms with Crippen LogP contribution >= 0.6 is 32.5 Å². The maximum atomic E-state index is 6.01. The second kappa shape index (κ2) is 7.84. The van der Waals surface area contributed by atoms with Crippen LogP contribution in [0.5, 0.6) is 0 Å². The summed E-state index contributed by atoms with van der Waals surface area (Å²) in [6, 6.07) is 18.7. The van der Waals surface area contributed by atoms with Crippen molar-refractivity contribution in [2.24, 2.45) is 4.99 Å². The topological polar surface area (TPSA) is 28.5 Å². The lowest BCUT2D eigenvalue weighted by molar-refractivity contribution is 0.319. The van der Waals surface area contributed by atoms with E-state index < -0.39 is 0 Å². The molecule has 0 amide bonds. The van der Waals surface area contributed by atoms with E-state index in [4.69, 9.17) is 11.6 Å². The molecule has 0 aliphatic heterocycles. The molecule has 0 spiro atoms. The van der Waals surface area contributed by atoms with Crippen molar-refractivity contribution in [1.29, 1.82) is 0 Å². The molecule has 6 heteroatoms. The molecule has 0 saturated carbocycles. The summed E-state index contributed by atoms with van der Waals surface area (Å²) in [4.78, 5) is 6.86. The average Bonchev–Trinajstić information content (AvgIpc) is 2.93. The molecule has 3 rings (SSSR count). The highest BCUT2D eigenvalue weighted by Crippen LogP contribution is 2.17. The van der Waals surface area contributed by atoms with E-state index in [9.17, 15) is 0 Å². The SMILES string of the molecule is CN(Cc1ccccc1)Cc1cccc(N=c2ssnc2Cl)c1. The van der Waals surface area contributed by atoms with Crippen molar-refractivity contribution >= 4 is 38.2 Å². The summed E-state index contributed by atoms with van der Waals surface area (Å²) < 4.78 is 4.82. The number of hydrogen-bond acceptors (Lipinski definition) is 5. The fraction of sp³-hybridized carbons (Fsp3) is 0.176. The quantitative estimate of drug-likeness (QED) is 0.615. The van der Waals surface area contributed by atoms with E-state index in [-0.39, 0.29) is 0 Å². The Labute approximate surface area is 148 Å². The third-order valence-corrected chi connectivity index (χ3v) is 5.47. The van der Waals surface area contributed by atoms with Gasteiger partial charge in [0.1, 0.15) is 0 Å². The van der Waals surface area contributed by atoms with Crippen LogP contribution in [0.25, 0.3) is 0 Å². The van der Waals surface area contributed by atoms with E-state index in [0.29, 0.717) is 5.15 Å². The minimum Gasteiger partial charge on any atom is -0.298 e. The summed E-state index contributed by atoms with van der Waals surface area (Å²) >= 11 is 6.01. The third-order valence-electron chi connectivity index (χ3n) is 3.30. The zero-order valence-electron chi connectivity index (χ0n) is 12.6. The van der Waals surface area contributed by atoms with Gasteiger partial charge in [-0.2, -0.15) is 4.37 Å². The fourth-order valence-electron chi connectivity index (χ4n) is 2.33. The van der Waals surface area contributed by atoms with Crippen LogP contribution in [0.15, 0.2) is 59.6 Å². The van der Waals surface area contributed by atoms with E-state index in [1.165, 1.54) is 32.0 Å². The molecule has 2 aromatic carbocycles. The molecular weight excluding hydrogens is 346 g/mol. The summed E-state index contributed by atoms with van der Waals surface area (Å²) in [5.41, 5.74) is 3.46. The Hall–Kier alpha value is -1.53. The van der Waals surface area contributed by atoms with Crippen molar-refractivity contribution in [3.8, 4) is 0 Å². The molecule has 1 aromatic heterocycles. The van der Waals surface area contributed by atoms with Crippen LogP contribution in [0.2, 0.25) is 5.15 Å². The number of rotatable bonds is 5. The molecule has 23 heavy (non-hydrogen) atoms. The van der Waals surface area contributed by atoms with Crippen LogP contribution in [-0.4, -0.2) is 16.3 Å². The van der Waals surface area contributed by atoms with Gasteiger partial charge in [0, 0.05) is 23.6 Å². The first kappa shape index (κ1) is 16.3. The predicted molar refractivity (Wildman–Crippen MR) is 98.3 cm³/mol. The van der Waals surface area contributed by atoms with Gasteiger partial charge in [0.2, 0.25) is 0 Å². The van der Waals surface area contributed by atoms with Crippen molar-refractivity contribution < 1.29 is 0 Å². The zero-order chi connectivity index (χ0) is 16.1. The van der Waals surface area contributed by atoms with E-state index in [2.05, 4.69) is 57.7 Å². The first-order chi connectivity index (χ1) is 11.2. The van der Waals surface area contributed by atoms with E-state index in [1.807, 2.05) is 18.2 Å². The van der Waals surface area contributed by atoms with Crippen LogP contribution in [0, 0.1) is 0 Å². The van der Waals surface area contributed by atoms with Crippen molar-refractivity contribution in [1.82, 2.24) is 9.27 Å². The highest BCUT2D eigenvalue weighted by atomic mass is 35.5. The molecule has 0 fully saturated rings. The van der Waals surface area contributed by atoms with Crippen molar-refractivity contribution in [3.63, 3.8) is 0 Å². The van der Waals surface area contributed by atoms with Crippen molar-refractivity contribution in [2.75, 3.05) is 7.05 Å². The molecule has 0 aliphatic carbocycles. The predicted octanol–water partition coefficient (Wildman–Crippen LogP) is 4.72. The molecule has 0 aliphatic rings. The summed E-state index contributed by atoms with van der Waals surface area (Å²) in [7, 11) is 4.97. The summed E-state index contributed by atoms with van der Waals surface area (Å²) in [5.74, 6) is 0. The van der Waals surface area contributed by atoms with Gasteiger partial charge in [-0.3, -0.25) is 4.90 Å². The fourth-order valence-corrected chi connectivity index (χ4v) is 4.32. The van der Waals surface area contributed by atoms with Crippen molar-refractivity contribution in [2.45, 2.75) is 13.1 Å². The van der Waals surface area contributed by atoms with Crippen LogP contribution in [0.3, 0.4) is 0 Å². The molecule has 0 radical (unpaired) electrons. The van der Waals surface area contributed by atoms with Gasteiger partial charge in [0.25, 0.3) is 0 Å². The smallest absolute Gasteiger partial charge is 0.179 e. The molecule has 0 N–H and O–H groups in total. The number of nitrogens with zero attached hydrogens (tertiary/aromatic N) is 3. The van der Waals surface area contributed by atoms with E-state index in [1.54, 1.807) is 0 Å². The van der Waals surface area contributed by atoms with Crippen LogP contribution in [-0.2, 0) is 13.1 Å². The highest BCUT2D eigenvalue weighted by Gasteiger charge is 2.03. The normalized spacial score (nSPS) is 12.0. The number of aromatic nitrogens is 1. The van der Waals surface area contributed by atoms with Gasteiger partial charge in [0.15, 0.2) is 9.82 Å². The Bertz CT molecular complexity index is 827. The molecule has 118 valence electrons. The Morgan fingerprint density at radius 1 is 1.04 bits per heavy atom. The van der Waals surface area contributed by atoms with Gasteiger partial charge in [-0.1, -0.05) is 54.1 Å². The Kier molecular flexibility index (Phi) is 5.56. The summed E-state index contributed by atoms with van der Waals surface area (Å²) in [5, 5.41) is 0.478. The van der Waals surface area contributed by atoms with Crippen LogP contribution < -0.4 is 4.67 Å². The van der Waals surface area contributed by atoms with Gasteiger partial charge in [0.05, 0.1) is 5.69 Å². The number of halogens is 1. The monoisotopic (exact) mass is 361 g/mol. The molecule has 3 nitrogen and oxygen atoms in total. The van der Waals surface area contributed by atoms with E-state index in [0.717, 1.165) is 23.4 Å². The van der Waals surface area contributed by atoms with Gasteiger partial charge < -0.3 is 0 Å². The van der Waals surface area contributed by atoms with E-state index >= 15 is 0 Å². The van der Waals surface area contributed by atoms with Gasteiger partial charge >= 0.3 is 0 Å². The maximum Gasteiger partial charge on any atom is 0.179 e. The molecule has 0 unspecified atom stereocenters. The highest BCUT2D eigenvalue weighted by molar-refractivity contribution is 7.66. The molecule has 0 bridgehead atoms. The largest absolute Gasteiger partial charge is 0.298 e. The lowest BCUT2D eigenvalue weighted by Gasteiger charge is -2.17. The lowest BCUT2D eigenvalue weighted by atomic mass is 10.1. The molecule has 1 heterocycles. The summed E-state index contributed by atoms with van der Waals surface area (Å²) in [6.45, 7) is 1.79. The average molecular weight is 362 g/mol. The summed E-state index contributed by atoms with van der Waals surface area (Å²) in [6.07, 6.45) is 0. The number of benzene rings is 2. The lowest BCUT2D eigenvalue weighted by Crippen LogP contribution is -2.17. The van der Waals surface area contributed by atoms with Gasteiger partial charge in [-0.05, 0) is 40.6 Å². The first-order valence-electron chi connectivity index (χ1n) is 7.18. The van der Waals surface area contributed by atoms with Crippen molar-refractivity contribution in [3.05, 3.63) is 75.5 Å². The van der Waals surface area contributed by atoms with Gasteiger partial charge in [-0.15, -0.1) is 0 Å². The van der Waals surface area contributed by atoms with Gasteiger partial charge in [-0.25, -0.2) is 4.99 Å². The zero-order valence-corrected chi connectivity index (χ0v) is 15.0. The second-order valence-corrected chi connectivity index (χ2v) is 7.47. The Morgan fingerprint density at radius 3 is 2.52 bits per heavy atom.